The van der Waals surface area contributed by atoms with Crippen LogP contribution < -0.4 is 5.32 Å². The molecule has 1 saturated carbocycles. The molecule has 0 radical (unpaired) electrons. The second-order valence-corrected chi connectivity index (χ2v) is 2.98. The molecule has 1 N–H and O–H groups in total. The van der Waals surface area contributed by atoms with Crippen molar-refractivity contribution in [1.29, 1.82) is 0 Å². The van der Waals surface area contributed by atoms with Crippen LogP contribution in [-0.2, 0) is 9.53 Å². The molecular formula is C9H13NO2. The van der Waals surface area contributed by atoms with Gasteiger partial charge in [-0.05, 0) is 19.3 Å². The second-order valence-electron chi connectivity index (χ2n) is 2.98. The summed E-state index contributed by atoms with van der Waals surface area (Å²) < 4.78 is 4.68. The van der Waals surface area contributed by atoms with E-state index in [-0.39, 0.29) is 5.97 Å². The van der Waals surface area contributed by atoms with Crippen LogP contribution in [-0.4, -0.2) is 25.2 Å². The minimum Gasteiger partial charge on any atom is -0.468 e. The van der Waals surface area contributed by atoms with E-state index in [1.54, 1.807) is 0 Å². The minimum absolute atomic E-state index is 0.191. The van der Waals surface area contributed by atoms with E-state index in [1.807, 2.05) is 0 Å². The predicted octanol–water partition coefficient (Wildman–Crippen LogP) is 0.305. The number of esters is 1. The first-order chi connectivity index (χ1) is 5.75. The number of ether oxygens (including phenoxy) is 1. The molecular weight excluding hydrogens is 154 g/mol. The van der Waals surface area contributed by atoms with Gasteiger partial charge in [-0.1, -0.05) is 5.92 Å². The molecule has 0 bridgehead atoms. The summed E-state index contributed by atoms with van der Waals surface area (Å²) in [4.78, 5) is 11.3. The first-order valence-corrected chi connectivity index (χ1v) is 4.02. The Bertz CT molecular complexity index is 213. The number of nitrogens with one attached hydrogen (secondary N) is 1. The number of rotatable bonds is 3. The highest BCUT2D eigenvalue weighted by molar-refractivity contribution is 5.81. The summed E-state index contributed by atoms with van der Waals surface area (Å²) in [5, 5.41) is 3.02. The van der Waals surface area contributed by atoms with Crippen molar-refractivity contribution in [3.63, 3.8) is 0 Å². The first kappa shape index (κ1) is 9.08. The van der Waals surface area contributed by atoms with Gasteiger partial charge in [-0.25, -0.2) is 0 Å². The lowest BCUT2D eigenvalue weighted by Crippen LogP contribution is -2.57. The highest BCUT2D eigenvalue weighted by Crippen LogP contribution is 2.32. The molecule has 1 aliphatic carbocycles. The van der Waals surface area contributed by atoms with Crippen LogP contribution in [0.5, 0.6) is 0 Å². The SMILES string of the molecule is C#CCNC1(C(=O)OC)CCC1. The van der Waals surface area contributed by atoms with Gasteiger partial charge in [0.05, 0.1) is 13.7 Å². The van der Waals surface area contributed by atoms with E-state index in [1.165, 1.54) is 7.11 Å². The van der Waals surface area contributed by atoms with Crippen LogP contribution in [0.1, 0.15) is 19.3 Å². The van der Waals surface area contributed by atoms with Crippen LogP contribution in [0.15, 0.2) is 0 Å². The van der Waals surface area contributed by atoms with Crippen molar-refractivity contribution in [2.45, 2.75) is 24.8 Å². The van der Waals surface area contributed by atoms with E-state index in [0.29, 0.717) is 6.54 Å². The highest BCUT2D eigenvalue weighted by atomic mass is 16.5. The Balaban J connectivity index is 2.51. The average Bonchev–Trinajstić information content (AvgIpc) is 2.02. The van der Waals surface area contributed by atoms with Gasteiger partial charge in [0.2, 0.25) is 0 Å². The van der Waals surface area contributed by atoms with Gasteiger partial charge < -0.3 is 4.74 Å². The van der Waals surface area contributed by atoms with Gasteiger partial charge in [0.1, 0.15) is 5.54 Å². The summed E-state index contributed by atoms with van der Waals surface area (Å²) >= 11 is 0. The first-order valence-electron chi connectivity index (χ1n) is 4.02. The molecule has 3 heteroatoms. The molecule has 0 aliphatic heterocycles. The van der Waals surface area contributed by atoms with Crippen molar-refractivity contribution in [2.75, 3.05) is 13.7 Å². The number of terminal acetylenes is 1. The number of carbonyl (C=O) groups excluding carboxylic acids is 1. The van der Waals surface area contributed by atoms with E-state index in [4.69, 9.17) is 6.42 Å². The Labute approximate surface area is 72.5 Å². The van der Waals surface area contributed by atoms with Crippen molar-refractivity contribution in [3.05, 3.63) is 0 Å². The van der Waals surface area contributed by atoms with Gasteiger partial charge in [-0.2, -0.15) is 0 Å². The summed E-state index contributed by atoms with van der Waals surface area (Å²) in [6, 6.07) is 0. The van der Waals surface area contributed by atoms with E-state index in [9.17, 15) is 4.79 Å². The summed E-state index contributed by atoms with van der Waals surface area (Å²) in [5.74, 6) is 2.26. The molecule has 0 saturated heterocycles. The third kappa shape index (κ3) is 1.44. The zero-order valence-corrected chi connectivity index (χ0v) is 7.22. The molecule has 0 aromatic heterocycles. The molecule has 0 amide bonds. The van der Waals surface area contributed by atoms with E-state index in [2.05, 4.69) is 16.0 Å². The van der Waals surface area contributed by atoms with Gasteiger partial charge >= 0.3 is 5.97 Å². The lowest BCUT2D eigenvalue weighted by molar-refractivity contribution is -0.152. The fourth-order valence-electron chi connectivity index (χ4n) is 1.40. The lowest BCUT2D eigenvalue weighted by Gasteiger charge is -2.39. The topological polar surface area (TPSA) is 38.3 Å². The predicted molar refractivity (Wildman–Crippen MR) is 45.4 cm³/mol. The molecule has 1 aliphatic rings. The van der Waals surface area contributed by atoms with Crippen molar-refractivity contribution in [3.8, 4) is 12.3 Å². The monoisotopic (exact) mass is 167 g/mol. The third-order valence-corrected chi connectivity index (χ3v) is 2.31. The zero-order chi connectivity index (χ0) is 9.03. The van der Waals surface area contributed by atoms with Crippen LogP contribution in [0.3, 0.4) is 0 Å². The van der Waals surface area contributed by atoms with Crippen molar-refractivity contribution < 1.29 is 9.53 Å². The summed E-state index contributed by atoms with van der Waals surface area (Å²) in [7, 11) is 1.40. The van der Waals surface area contributed by atoms with Crippen LogP contribution >= 0.6 is 0 Å². The number of hydrogen-bond donors (Lipinski definition) is 1. The Morgan fingerprint density at radius 1 is 1.75 bits per heavy atom. The van der Waals surface area contributed by atoms with Gasteiger partial charge in [-0.3, -0.25) is 10.1 Å². The van der Waals surface area contributed by atoms with E-state index < -0.39 is 5.54 Å². The molecule has 0 unspecified atom stereocenters. The van der Waals surface area contributed by atoms with Crippen molar-refractivity contribution in [2.24, 2.45) is 0 Å². The Morgan fingerprint density at radius 2 is 2.42 bits per heavy atom. The molecule has 3 nitrogen and oxygen atoms in total. The number of hydrogen-bond acceptors (Lipinski definition) is 3. The maximum Gasteiger partial charge on any atom is 0.326 e. The molecule has 1 fully saturated rings. The molecule has 0 aromatic rings. The Kier molecular flexibility index (Phi) is 2.72. The van der Waals surface area contributed by atoms with Crippen LogP contribution in [0.2, 0.25) is 0 Å². The lowest BCUT2D eigenvalue weighted by atomic mass is 9.77. The third-order valence-electron chi connectivity index (χ3n) is 2.31. The normalized spacial score (nSPS) is 19.0. The van der Waals surface area contributed by atoms with Gasteiger partial charge in [0.15, 0.2) is 0 Å². The fourth-order valence-corrected chi connectivity index (χ4v) is 1.40. The maximum absolute atomic E-state index is 11.3. The molecule has 0 atom stereocenters. The van der Waals surface area contributed by atoms with Crippen LogP contribution in [0, 0.1) is 12.3 Å². The summed E-state index contributed by atoms with van der Waals surface area (Å²) in [6.07, 6.45) is 7.82. The van der Waals surface area contributed by atoms with Crippen molar-refractivity contribution in [1.82, 2.24) is 5.32 Å². The summed E-state index contributed by atoms with van der Waals surface area (Å²) in [5.41, 5.74) is -0.471. The van der Waals surface area contributed by atoms with Crippen molar-refractivity contribution >= 4 is 5.97 Å². The zero-order valence-electron chi connectivity index (χ0n) is 7.22. The Hall–Kier alpha value is -1.01. The van der Waals surface area contributed by atoms with E-state index >= 15 is 0 Å². The quantitative estimate of drug-likeness (QED) is 0.485. The number of carbonyl (C=O) groups is 1. The van der Waals surface area contributed by atoms with Crippen LogP contribution in [0.4, 0.5) is 0 Å². The molecule has 1 rings (SSSR count). The molecule has 0 spiro atoms. The van der Waals surface area contributed by atoms with Gasteiger partial charge in [-0.15, -0.1) is 6.42 Å². The number of methoxy groups -OCH3 is 1. The standard InChI is InChI=1S/C9H13NO2/c1-3-7-10-9(5-4-6-9)8(11)12-2/h1,10H,4-7H2,2H3. The average molecular weight is 167 g/mol. The van der Waals surface area contributed by atoms with Crippen LogP contribution in [0.25, 0.3) is 0 Å². The molecule has 12 heavy (non-hydrogen) atoms. The Morgan fingerprint density at radius 3 is 2.75 bits per heavy atom. The highest BCUT2D eigenvalue weighted by Gasteiger charge is 2.44. The second kappa shape index (κ2) is 3.59. The summed E-state index contributed by atoms with van der Waals surface area (Å²) in [6.45, 7) is 0.426. The minimum atomic E-state index is -0.471. The molecule has 66 valence electrons. The maximum atomic E-state index is 11.3. The largest absolute Gasteiger partial charge is 0.468 e. The molecule has 0 heterocycles. The molecule has 0 aromatic carbocycles. The van der Waals surface area contributed by atoms with Gasteiger partial charge in [0.25, 0.3) is 0 Å². The fraction of sp³-hybridized carbons (Fsp3) is 0.667. The smallest absolute Gasteiger partial charge is 0.326 e. The van der Waals surface area contributed by atoms with Gasteiger partial charge in [0, 0.05) is 0 Å². The van der Waals surface area contributed by atoms with E-state index in [0.717, 1.165) is 19.3 Å².